The van der Waals surface area contributed by atoms with Crippen LogP contribution in [0.4, 0.5) is 0 Å². The summed E-state index contributed by atoms with van der Waals surface area (Å²) in [7, 11) is 0. The molecule has 0 N–H and O–H groups in total. The van der Waals surface area contributed by atoms with Crippen molar-refractivity contribution in [1.82, 2.24) is 0 Å². The van der Waals surface area contributed by atoms with Gasteiger partial charge in [0.05, 0.1) is 4.32 Å². The van der Waals surface area contributed by atoms with E-state index < -0.39 is 57.2 Å². The van der Waals surface area contributed by atoms with E-state index in [1.165, 1.54) is 20.8 Å². The van der Waals surface area contributed by atoms with E-state index in [0.29, 0.717) is 19.3 Å². The fourth-order valence-electron chi connectivity index (χ4n) is 7.70. The first-order chi connectivity index (χ1) is 16.7. The molecule has 36 heavy (non-hydrogen) atoms. The van der Waals surface area contributed by atoms with Crippen LogP contribution in [0.25, 0.3) is 0 Å². The molecular weight excluding hydrogens is 532 g/mol. The van der Waals surface area contributed by atoms with Gasteiger partial charge in [-0.3, -0.25) is 24.0 Å². The molecule has 0 heterocycles. The first-order valence-corrected chi connectivity index (χ1v) is 13.2. The Morgan fingerprint density at radius 3 is 2.33 bits per heavy atom. The highest BCUT2D eigenvalue weighted by molar-refractivity contribution is 9.10. The summed E-state index contributed by atoms with van der Waals surface area (Å²) in [6, 6.07) is 0. The van der Waals surface area contributed by atoms with Crippen LogP contribution in [0.1, 0.15) is 66.7 Å². The van der Waals surface area contributed by atoms with E-state index in [0.717, 1.165) is 5.57 Å². The van der Waals surface area contributed by atoms with Gasteiger partial charge in [-0.25, -0.2) is 0 Å². The minimum Gasteiger partial charge on any atom is -0.461 e. The van der Waals surface area contributed by atoms with E-state index in [9.17, 15) is 24.0 Å². The quantitative estimate of drug-likeness (QED) is 0.281. The normalized spacial score (nSPS) is 40.8. The van der Waals surface area contributed by atoms with Crippen molar-refractivity contribution in [3.63, 3.8) is 0 Å². The van der Waals surface area contributed by atoms with Crippen molar-refractivity contribution in [1.29, 1.82) is 0 Å². The number of rotatable bonds is 5. The molecular formula is C27H33BrO8. The predicted octanol–water partition coefficient (Wildman–Crippen LogP) is 3.79. The molecule has 0 amide bonds. The van der Waals surface area contributed by atoms with E-state index in [2.05, 4.69) is 22.9 Å². The van der Waals surface area contributed by atoms with E-state index in [-0.39, 0.29) is 30.5 Å². The first kappa shape index (κ1) is 26.8. The highest BCUT2D eigenvalue weighted by Crippen LogP contribution is 2.72. The number of allylic oxidation sites excluding steroid dienone is 4. The van der Waals surface area contributed by atoms with Gasteiger partial charge in [0.15, 0.2) is 18.0 Å². The summed E-state index contributed by atoms with van der Waals surface area (Å²) in [5.74, 6) is -2.30. The van der Waals surface area contributed by atoms with Gasteiger partial charge < -0.3 is 14.2 Å². The Hall–Kier alpha value is -2.29. The lowest BCUT2D eigenvalue weighted by molar-refractivity contribution is -0.200. The molecule has 7 unspecified atom stereocenters. The van der Waals surface area contributed by atoms with Crippen molar-refractivity contribution in [3.8, 4) is 0 Å². The van der Waals surface area contributed by atoms with Crippen molar-refractivity contribution in [3.05, 3.63) is 23.8 Å². The third kappa shape index (κ3) is 3.72. The van der Waals surface area contributed by atoms with Crippen LogP contribution in [0.2, 0.25) is 0 Å². The van der Waals surface area contributed by atoms with Gasteiger partial charge in [0.25, 0.3) is 0 Å². The van der Waals surface area contributed by atoms with E-state index in [1.54, 1.807) is 12.2 Å². The Morgan fingerprint density at radius 1 is 1.03 bits per heavy atom. The monoisotopic (exact) mass is 564 g/mol. The molecule has 4 rings (SSSR count). The maximum atomic E-state index is 13.6. The lowest BCUT2D eigenvalue weighted by atomic mass is 9.46. The SMILES string of the molecule is CC(=O)OCC(=O)C1(OC(C)=O)CCC2C3CCC4=CC(=O)C=CC4(C)C3(Br)C(OC(C)=O)CC21C. The number of hydrogen-bond acceptors (Lipinski definition) is 8. The van der Waals surface area contributed by atoms with E-state index >= 15 is 0 Å². The summed E-state index contributed by atoms with van der Waals surface area (Å²) in [4.78, 5) is 62.0. The molecule has 8 nitrogen and oxygen atoms in total. The van der Waals surface area contributed by atoms with Crippen molar-refractivity contribution < 1.29 is 38.2 Å². The molecule has 196 valence electrons. The molecule has 0 radical (unpaired) electrons. The zero-order chi connectivity index (χ0) is 26.7. The van der Waals surface area contributed by atoms with Crippen LogP contribution in [0, 0.1) is 22.7 Å². The second-order valence-corrected chi connectivity index (χ2v) is 12.3. The number of ether oxygens (including phenoxy) is 3. The van der Waals surface area contributed by atoms with Crippen molar-refractivity contribution in [2.24, 2.45) is 22.7 Å². The van der Waals surface area contributed by atoms with Gasteiger partial charge in [0.1, 0.15) is 6.10 Å². The van der Waals surface area contributed by atoms with Crippen LogP contribution in [0.15, 0.2) is 23.8 Å². The third-order valence-corrected chi connectivity index (χ3v) is 11.1. The van der Waals surface area contributed by atoms with Gasteiger partial charge in [-0.2, -0.15) is 0 Å². The molecule has 0 bridgehead atoms. The topological polar surface area (TPSA) is 113 Å². The molecule has 0 aromatic heterocycles. The molecule has 0 spiro atoms. The Balaban J connectivity index is 1.85. The van der Waals surface area contributed by atoms with Crippen LogP contribution in [-0.4, -0.2) is 52.1 Å². The second-order valence-electron chi connectivity index (χ2n) is 11.0. The molecule has 0 aromatic carbocycles. The lowest BCUT2D eigenvalue weighted by Crippen LogP contribution is -2.69. The maximum absolute atomic E-state index is 13.6. The summed E-state index contributed by atoms with van der Waals surface area (Å²) in [6.07, 6.45) is 7.01. The highest BCUT2D eigenvalue weighted by atomic mass is 79.9. The first-order valence-electron chi connectivity index (χ1n) is 12.4. The zero-order valence-electron chi connectivity index (χ0n) is 21.4. The molecule has 3 fully saturated rings. The summed E-state index contributed by atoms with van der Waals surface area (Å²) in [6.45, 7) is 7.32. The number of esters is 3. The van der Waals surface area contributed by atoms with Crippen LogP contribution in [0.5, 0.6) is 0 Å². The molecule has 0 saturated heterocycles. The average Bonchev–Trinajstić information content (AvgIpc) is 3.05. The smallest absolute Gasteiger partial charge is 0.303 e. The van der Waals surface area contributed by atoms with Crippen molar-refractivity contribution in [2.45, 2.75) is 82.8 Å². The number of Topliss-reactive ketones (excluding diaryl/α,β-unsaturated/α-hetero) is 1. The summed E-state index contributed by atoms with van der Waals surface area (Å²) in [5.41, 5.74) is -2.00. The van der Waals surface area contributed by atoms with Crippen molar-refractivity contribution in [2.75, 3.05) is 6.61 Å². The largest absolute Gasteiger partial charge is 0.461 e. The fourth-order valence-corrected chi connectivity index (χ4v) is 8.89. The number of carbonyl (C=O) groups excluding carboxylic acids is 5. The minimum absolute atomic E-state index is 0.0560. The standard InChI is InChI=1S/C27H33BrO8/c1-15(29)34-14-22(33)26(36-17(3)31)11-9-20-21-7-6-18-12-19(32)8-10-24(18,4)27(21,28)23(35-16(2)30)13-25(20,26)5/h8,10,12,20-21,23H,6-7,9,11,13-14H2,1-5H3. The Kier molecular flexibility index (Phi) is 6.63. The average molecular weight is 565 g/mol. The minimum atomic E-state index is -1.51. The van der Waals surface area contributed by atoms with Gasteiger partial charge in [-0.05, 0) is 56.1 Å². The maximum Gasteiger partial charge on any atom is 0.303 e. The van der Waals surface area contributed by atoms with Gasteiger partial charge in [0, 0.05) is 31.6 Å². The van der Waals surface area contributed by atoms with Crippen LogP contribution in [-0.2, 0) is 38.2 Å². The summed E-state index contributed by atoms with van der Waals surface area (Å²) >= 11 is 4.08. The number of carbonyl (C=O) groups is 5. The van der Waals surface area contributed by atoms with Crippen LogP contribution in [0.3, 0.4) is 0 Å². The van der Waals surface area contributed by atoms with Gasteiger partial charge in [-0.15, -0.1) is 0 Å². The second kappa shape index (κ2) is 8.92. The van der Waals surface area contributed by atoms with Gasteiger partial charge >= 0.3 is 17.9 Å². The summed E-state index contributed by atoms with van der Waals surface area (Å²) in [5, 5.41) is 0. The predicted molar refractivity (Wildman–Crippen MR) is 132 cm³/mol. The lowest BCUT2D eigenvalue weighted by Gasteiger charge is -2.64. The molecule has 3 saturated carbocycles. The molecule has 7 atom stereocenters. The highest BCUT2D eigenvalue weighted by Gasteiger charge is 2.75. The van der Waals surface area contributed by atoms with E-state index in [4.69, 9.17) is 14.2 Å². The van der Waals surface area contributed by atoms with Crippen LogP contribution < -0.4 is 0 Å². The number of ketones is 2. The van der Waals surface area contributed by atoms with Crippen molar-refractivity contribution >= 4 is 45.4 Å². The Morgan fingerprint density at radius 2 is 1.72 bits per heavy atom. The van der Waals surface area contributed by atoms with Crippen LogP contribution >= 0.6 is 15.9 Å². The molecule has 0 aliphatic heterocycles. The fraction of sp³-hybridized carbons (Fsp3) is 0.667. The van der Waals surface area contributed by atoms with Gasteiger partial charge in [-0.1, -0.05) is 41.4 Å². The zero-order valence-corrected chi connectivity index (χ0v) is 22.9. The Bertz CT molecular complexity index is 1090. The number of alkyl halides is 1. The summed E-state index contributed by atoms with van der Waals surface area (Å²) < 4.78 is 16.2. The number of hydrogen-bond donors (Lipinski definition) is 0. The molecule has 9 heteroatoms. The molecule has 0 aromatic rings. The number of halogens is 1. The van der Waals surface area contributed by atoms with Gasteiger partial charge in [0.2, 0.25) is 5.78 Å². The third-order valence-electron chi connectivity index (χ3n) is 9.22. The molecule has 4 aliphatic rings. The molecule has 4 aliphatic carbocycles. The number of fused-ring (bicyclic) bond motifs is 5. The van der Waals surface area contributed by atoms with E-state index in [1.807, 2.05) is 13.0 Å². The Labute approximate surface area is 219 Å².